The predicted octanol–water partition coefficient (Wildman–Crippen LogP) is 8.10. The monoisotopic (exact) mass is 572 g/mol. The van der Waals surface area contributed by atoms with Gasteiger partial charge in [0.05, 0.1) is 17.3 Å². The van der Waals surface area contributed by atoms with Crippen LogP contribution in [-0.2, 0) is 18.0 Å². The maximum absolute atomic E-state index is 12.8. The molecular formula is C32H26Cl2N2O4. The number of anilines is 1. The van der Waals surface area contributed by atoms with Crippen molar-refractivity contribution >= 4 is 40.9 Å². The highest BCUT2D eigenvalue weighted by Crippen LogP contribution is 2.31. The van der Waals surface area contributed by atoms with Crippen molar-refractivity contribution < 1.29 is 19.0 Å². The van der Waals surface area contributed by atoms with Crippen LogP contribution in [0.3, 0.4) is 0 Å². The maximum atomic E-state index is 12.8. The number of benzene rings is 4. The van der Waals surface area contributed by atoms with Gasteiger partial charge in [-0.05, 0) is 66.6 Å². The second-order valence-electron chi connectivity index (χ2n) is 8.56. The fourth-order valence-electron chi connectivity index (χ4n) is 3.75. The number of hydrogen-bond donors (Lipinski definition) is 1. The average molecular weight is 573 g/mol. The summed E-state index contributed by atoms with van der Waals surface area (Å²) in [6.45, 7) is 3.01. The van der Waals surface area contributed by atoms with Crippen molar-refractivity contribution in [2.45, 2.75) is 20.1 Å². The molecule has 0 spiro atoms. The van der Waals surface area contributed by atoms with Crippen LogP contribution in [0.15, 0.2) is 96.6 Å². The number of rotatable bonds is 11. The van der Waals surface area contributed by atoms with Gasteiger partial charge in [0.25, 0.3) is 5.91 Å². The standard InChI is InChI=1S/C32H26Cl2N2O4/c1-2-38-31-16-23(12-14-30(31)40-20-22-8-4-3-5-9-22)21-39-29-15-13-26(33)18-24(29)17-25(19-35)32(37)36-28-11-7-6-10-27(28)34/h3-18H,2,20-21H2,1H3,(H,36,37)/b25-17+. The van der Waals surface area contributed by atoms with E-state index in [1.807, 2.05) is 61.5 Å². The molecule has 6 nitrogen and oxygen atoms in total. The van der Waals surface area contributed by atoms with Gasteiger partial charge in [0.2, 0.25) is 0 Å². The van der Waals surface area contributed by atoms with Crippen molar-refractivity contribution in [2.24, 2.45) is 0 Å². The molecule has 4 aromatic rings. The van der Waals surface area contributed by atoms with Gasteiger partial charge in [-0.1, -0.05) is 71.7 Å². The van der Waals surface area contributed by atoms with E-state index in [2.05, 4.69) is 5.32 Å². The zero-order chi connectivity index (χ0) is 28.3. The molecule has 40 heavy (non-hydrogen) atoms. The largest absolute Gasteiger partial charge is 0.490 e. The van der Waals surface area contributed by atoms with Crippen LogP contribution in [0.4, 0.5) is 5.69 Å². The lowest BCUT2D eigenvalue weighted by Gasteiger charge is -2.15. The third kappa shape index (κ3) is 7.79. The summed E-state index contributed by atoms with van der Waals surface area (Å²) < 4.78 is 17.9. The van der Waals surface area contributed by atoms with Crippen LogP contribution in [-0.4, -0.2) is 12.5 Å². The Bertz CT molecular complexity index is 1550. The minimum Gasteiger partial charge on any atom is -0.490 e. The van der Waals surface area contributed by atoms with Gasteiger partial charge in [-0.25, -0.2) is 0 Å². The number of para-hydroxylation sites is 1. The minimum absolute atomic E-state index is 0.134. The van der Waals surface area contributed by atoms with Crippen LogP contribution in [0.25, 0.3) is 6.08 Å². The Hall–Kier alpha value is -4.44. The van der Waals surface area contributed by atoms with Gasteiger partial charge in [-0.3, -0.25) is 4.79 Å². The molecule has 0 fully saturated rings. The zero-order valence-corrected chi connectivity index (χ0v) is 23.2. The number of nitriles is 1. The summed E-state index contributed by atoms with van der Waals surface area (Å²) >= 11 is 12.4. The van der Waals surface area contributed by atoms with Gasteiger partial charge in [-0.15, -0.1) is 0 Å². The molecule has 0 aliphatic heterocycles. The van der Waals surface area contributed by atoms with E-state index in [1.165, 1.54) is 6.08 Å². The second-order valence-corrected chi connectivity index (χ2v) is 9.41. The molecule has 4 aromatic carbocycles. The first-order valence-electron chi connectivity index (χ1n) is 12.5. The quantitative estimate of drug-likeness (QED) is 0.145. The predicted molar refractivity (Wildman–Crippen MR) is 158 cm³/mol. The molecular weight excluding hydrogens is 547 g/mol. The van der Waals surface area contributed by atoms with Crippen LogP contribution in [0.1, 0.15) is 23.6 Å². The van der Waals surface area contributed by atoms with Crippen molar-refractivity contribution in [1.29, 1.82) is 5.26 Å². The lowest BCUT2D eigenvalue weighted by molar-refractivity contribution is -0.112. The van der Waals surface area contributed by atoms with Crippen LogP contribution < -0.4 is 19.5 Å². The zero-order valence-electron chi connectivity index (χ0n) is 21.7. The molecule has 0 atom stereocenters. The lowest BCUT2D eigenvalue weighted by atomic mass is 10.1. The molecule has 0 aliphatic rings. The number of nitrogens with one attached hydrogen (secondary N) is 1. The van der Waals surface area contributed by atoms with Crippen LogP contribution >= 0.6 is 23.2 Å². The normalized spacial score (nSPS) is 10.9. The molecule has 0 unspecified atom stereocenters. The van der Waals surface area contributed by atoms with Crippen LogP contribution in [0.5, 0.6) is 17.2 Å². The topological polar surface area (TPSA) is 80.6 Å². The van der Waals surface area contributed by atoms with Gasteiger partial charge in [-0.2, -0.15) is 5.26 Å². The van der Waals surface area contributed by atoms with E-state index in [4.69, 9.17) is 37.4 Å². The number of nitrogens with zero attached hydrogens (tertiary/aromatic N) is 1. The van der Waals surface area contributed by atoms with Crippen LogP contribution in [0, 0.1) is 11.3 Å². The number of halogens is 2. The molecule has 1 N–H and O–H groups in total. The molecule has 0 bridgehead atoms. The SMILES string of the molecule is CCOc1cc(COc2ccc(Cl)cc2/C=C(\C#N)C(=O)Nc2ccccc2Cl)ccc1OCc1ccccc1. The highest BCUT2D eigenvalue weighted by atomic mass is 35.5. The lowest BCUT2D eigenvalue weighted by Crippen LogP contribution is -2.13. The molecule has 0 saturated heterocycles. The molecule has 202 valence electrons. The van der Waals surface area contributed by atoms with Crippen molar-refractivity contribution in [3.8, 4) is 23.3 Å². The van der Waals surface area contributed by atoms with Gasteiger partial charge in [0.15, 0.2) is 11.5 Å². The minimum atomic E-state index is -0.603. The Morgan fingerprint density at radius 3 is 2.27 bits per heavy atom. The molecule has 0 aromatic heterocycles. The molecule has 0 heterocycles. The Morgan fingerprint density at radius 1 is 0.825 bits per heavy atom. The van der Waals surface area contributed by atoms with E-state index in [-0.39, 0.29) is 12.2 Å². The van der Waals surface area contributed by atoms with Gasteiger partial charge in [0, 0.05) is 10.6 Å². The van der Waals surface area contributed by atoms with Gasteiger partial charge >= 0.3 is 0 Å². The molecule has 4 rings (SSSR count). The maximum Gasteiger partial charge on any atom is 0.266 e. The van der Waals surface area contributed by atoms with Crippen molar-refractivity contribution in [3.63, 3.8) is 0 Å². The highest BCUT2D eigenvalue weighted by Gasteiger charge is 2.14. The Labute approximate surface area is 243 Å². The fourth-order valence-corrected chi connectivity index (χ4v) is 4.11. The van der Waals surface area contributed by atoms with Crippen molar-refractivity contribution in [1.82, 2.24) is 0 Å². The van der Waals surface area contributed by atoms with Crippen molar-refractivity contribution in [3.05, 3.63) is 123 Å². The number of hydrogen-bond acceptors (Lipinski definition) is 5. The summed E-state index contributed by atoms with van der Waals surface area (Å²) in [6.07, 6.45) is 1.43. The Kier molecular flexibility index (Phi) is 10.1. The third-order valence-corrected chi connectivity index (χ3v) is 6.26. The van der Waals surface area contributed by atoms with Gasteiger partial charge < -0.3 is 19.5 Å². The Balaban J connectivity index is 1.50. The first kappa shape index (κ1) is 28.6. The molecule has 0 saturated carbocycles. The number of carbonyl (C=O) groups excluding carboxylic acids is 1. The van der Waals surface area contributed by atoms with E-state index in [0.29, 0.717) is 51.8 Å². The fraction of sp³-hybridized carbons (Fsp3) is 0.125. The molecule has 1 amide bonds. The van der Waals surface area contributed by atoms with Crippen LogP contribution in [0.2, 0.25) is 10.0 Å². The van der Waals surface area contributed by atoms with Gasteiger partial charge in [0.1, 0.15) is 30.6 Å². The number of carbonyl (C=O) groups is 1. The van der Waals surface area contributed by atoms with E-state index in [0.717, 1.165) is 11.1 Å². The van der Waals surface area contributed by atoms with E-state index in [1.54, 1.807) is 42.5 Å². The van der Waals surface area contributed by atoms with Crippen molar-refractivity contribution in [2.75, 3.05) is 11.9 Å². The highest BCUT2D eigenvalue weighted by molar-refractivity contribution is 6.34. The summed E-state index contributed by atoms with van der Waals surface area (Å²) in [7, 11) is 0. The number of ether oxygens (including phenoxy) is 3. The first-order chi connectivity index (χ1) is 19.5. The van der Waals surface area contributed by atoms with E-state index < -0.39 is 5.91 Å². The third-order valence-electron chi connectivity index (χ3n) is 5.70. The molecule has 8 heteroatoms. The molecule has 0 radical (unpaired) electrons. The first-order valence-corrected chi connectivity index (χ1v) is 13.2. The Morgan fingerprint density at radius 2 is 1.52 bits per heavy atom. The van der Waals surface area contributed by atoms with E-state index in [9.17, 15) is 10.1 Å². The average Bonchev–Trinajstić information content (AvgIpc) is 2.96. The van der Waals surface area contributed by atoms with E-state index >= 15 is 0 Å². The number of amides is 1. The summed E-state index contributed by atoms with van der Waals surface area (Å²) in [5.74, 6) is 1.09. The second kappa shape index (κ2) is 14.1. The summed E-state index contributed by atoms with van der Waals surface area (Å²) in [4.78, 5) is 12.8. The summed E-state index contributed by atoms with van der Waals surface area (Å²) in [6, 6.07) is 29.2. The smallest absolute Gasteiger partial charge is 0.266 e. The summed E-state index contributed by atoms with van der Waals surface area (Å²) in [5.41, 5.74) is 2.64. The summed E-state index contributed by atoms with van der Waals surface area (Å²) in [5, 5.41) is 13.1. The molecule has 0 aliphatic carbocycles.